The monoisotopic (exact) mass is 264 g/mol. The Bertz CT molecular complexity index is 824. The fourth-order valence-corrected chi connectivity index (χ4v) is 1.70. The highest BCUT2D eigenvalue weighted by Crippen LogP contribution is 1.97. The highest BCUT2D eigenvalue weighted by atomic mass is 16.5. The molecule has 0 aliphatic carbocycles. The van der Waals surface area contributed by atoms with Gasteiger partial charge >= 0.3 is 11.3 Å². The van der Waals surface area contributed by atoms with Crippen LogP contribution < -0.4 is 10.3 Å². The molecule has 0 spiro atoms. The van der Waals surface area contributed by atoms with Gasteiger partial charge in [-0.2, -0.15) is 0 Å². The van der Waals surface area contributed by atoms with Crippen LogP contribution in [0.2, 0.25) is 0 Å². The van der Waals surface area contributed by atoms with Gasteiger partial charge in [0.2, 0.25) is 5.69 Å². The molecule has 0 amide bonds. The number of H-pyrrole nitrogens is 1. The van der Waals surface area contributed by atoms with E-state index in [0.29, 0.717) is 5.69 Å². The van der Waals surface area contributed by atoms with Gasteiger partial charge in [-0.1, -0.05) is 24.3 Å². The summed E-state index contributed by atoms with van der Waals surface area (Å²) in [7, 11) is 0. The third-order valence-corrected chi connectivity index (χ3v) is 2.63. The molecule has 0 atom stereocenters. The van der Waals surface area contributed by atoms with Crippen molar-refractivity contribution in [2.24, 2.45) is 0 Å². The van der Waals surface area contributed by atoms with Gasteiger partial charge in [0.15, 0.2) is 0 Å². The number of nitrogens with one attached hydrogen (secondary N) is 1. The smallest absolute Gasteiger partial charge is 0.281 e. The molecule has 2 heterocycles. The summed E-state index contributed by atoms with van der Waals surface area (Å²) in [6.45, 7) is 0. The lowest BCUT2D eigenvalue weighted by Gasteiger charge is -1.88. The summed E-state index contributed by atoms with van der Waals surface area (Å²) in [5, 5.41) is 2.53. The number of rotatable bonds is 1. The lowest BCUT2D eigenvalue weighted by Crippen LogP contribution is -2.37. The molecule has 0 bridgehead atoms. The van der Waals surface area contributed by atoms with Crippen LogP contribution in [0.15, 0.2) is 64.0 Å². The zero-order valence-electron chi connectivity index (χ0n) is 10.4. The molecule has 0 fully saturated rings. The maximum absolute atomic E-state index is 11.7. The summed E-state index contributed by atoms with van der Waals surface area (Å²) >= 11 is 0. The number of para-hydroxylation sites is 1. The highest BCUT2D eigenvalue weighted by molar-refractivity contribution is 5.33. The average Bonchev–Trinajstić information content (AvgIpc) is 2.88. The quantitative estimate of drug-likeness (QED) is 0.527. The Morgan fingerprint density at radius 2 is 1.85 bits per heavy atom. The van der Waals surface area contributed by atoms with Crippen molar-refractivity contribution < 1.29 is 9.20 Å². The third-order valence-electron chi connectivity index (χ3n) is 2.63. The van der Waals surface area contributed by atoms with E-state index < -0.39 is 5.63 Å². The first kappa shape index (κ1) is 11.9. The molecule has 3 rings (SSSR count). The molecule has 5 nitrogen and oxygen atoms in total. The summed E-state index contributed by atoms with van der Waals surface area (Å²) in [5.41, 5.74) is 1.07. The molecule has 3 aromatic rings. The topological polar surface area (TPSA) is 62.8 Å². The van der Waals surface area contributed by atoms with Crippen molar-refractivity contribution in [2.75, 3.05) is 0 Å². The van der Waals surface area contributed by atoms with E-state index >= 15 is 0 Å². The fraction of sp³-hybridized carbons (Fsp3) is 0. The Hall–Kier alpha value is -3.13. The van der Waals surface area contributed by atoms with Crippen molar-refractivity contribution in [2.45, 2.75) is 0 Å². The van der Waals surface area contributed by atoms with Gasteiger partial charge in [0, 0.05) is 24.3 Å². The molecular weight excluding hydrogens is 254 g/mol. The minimum Gasteiger partial charge on any atom is -0.281 e. The van der Waals surface area contributed by atoms with Crippen LogP contribution >= 0.6 is 0 Å². The summed E-state index contributed by atoms with van der Waals surface area (Å²) < 4.78 is 6.30. The molecule has 2 aromatic heterocycles. The minimum absolute atomic E-state index is 0.224. The number of nitrogens with zero attached hydrogens (tertiary/aromatic N) is 2. The molecule has 0 radical (unpaired) electrons. The third kappa shape index (κ3) is 2.35. The molecule has 0 saturated heterocycles. The van der Waals surface area contributed by atoms with E-state index in [4.69, 9.17) is 4.52 Å². The van der Waals surface area contributed by atoms with E-state index in [1.165, 1.54) is 4.68 Å². The Balaban J connectivity index is 2.06. The summed E-state index contributed by atoms with van der Waals surface area (Å²) in [5.74, 6) is 5.63. The maximum atomic E-state index is 11.7. The predicted molar refractivity (Wildman–Crippen MR) is 71.1 cm³/mol. The van der Waals surface area contributed by atoms with Gasteiger partial charge in [-0.05, 0) is 28.0 Å². The minimum atomic E-state index is -0.516. The zero-order chi connectivity index (χ0) is 13.8. The molecule has 0 aliphatic heterocycles. The molecule has 5 heteroatoms. The summed E-state index contributed by atoms with van der Waals surface area (Å²) in [6.07, 6.45) is 1.65. The fourth-order valence-electron chi connectivity index (χ4n) is 1.70. The van der Waals surface area contributed by atoms with E-state index in [1.54, 1.807) is 18.3 Å². The summed E-state index contributed by atoms with van der Waals surface area (Å²) in [6, 6.07) is 14.7. The van der Waals surface area contributed by atoms with E-state index in [2.05, 4.69) is 22.1 Å². The molecule has 1 N–H and O–H groups in total. The number of aromatic nitrogens is 3. The number of hydrogen-bond acceptors (Lipinski definition) is 3. The van der Waals surface area contributed by atoms with Crippen molar-refractivity contribution in [3.63, 3.8) is 0 Å². The first-order valence-electron chi connectivity index (χ1n) is 5.96. The van der Waals surface area contributed by atoms with E-state index in [9.17, 15) is 4.79 Å². The second-order valence-corrected chi connectivity index (χ2v) is 3.97. The van der Waals surface area contributed by atoms with Crippen LogP contribution in [0, 0.1) is 11.8 Å². The molecule has 20 heavy (non-hydrogen) atoms. The predicted octanol–water partition coefficient (Wildman–Crippen LogP) is 1.04. The van der Waals surface area contributed by atoms with Gasteiger partial charge in [-0.3, -0.25) is 4.52 Å². The van der Waals surface area contributed by atoms with Gasteiger partial charge in [0.1, 0.15) is 5.69 Å². The normalized spacial score (nSPS) is 9.80. The Kier molecular flexibility index (Phi) is 3.13. The maximum Gasteiger partial charge on any atom is 0.444 e. The van der Waals surface area contributed by atoms with Crippen LogP contribution in [0.4, 0.5) is 0 Å². The van der Waals surface area contributed by atoms with E-state index in [1.807, 2.05) is 36.4 Å². The number of aromatic amines is 1. The van der Waals surface area contributed by atoms with Crippen LogP contribution in [0.3, 0.4) is 0 Å². The van der Waals surface area contributed by atoms with Crippen LogP contribution in [-0.2, 0) is 0 Å². The number of pyridine rings is 1. The van der Waals surface area contributed by atoms with Gasteiger partial charge in [-0.25, -0.2) is 9.78 Å². The molecule has 0 aliphatic rings. The molecule has 1 aromatic carbocycles. The van der Waals surface area contributed by atoms with Crippen LogP contribution in [-0.4, -0.2) is 10.3 Å². The Morgan fingerprint density at radius 1 is 1.05 bits per heavy atom. The van der Waals surface area contributed by atoms with Crippen molar-refractivity contribution in [3.05, 3.63) is 76.5 Å². The zero-order valence-corrected chi connectivity index (χ0v) is 10.4. The molecular formula is C15H10N3O2+. The summed E-state index contributed by atoms with van der Waals surface area (Å²) in [4.78, 5) is 15.8. The average molecular weight is 264 g/mol. The lowest BCUT2D eigenvalue weighted by atomic mass is 10.3. The largest absolute Gasteiger partial charge is 0.444 e. The number of hydrogen-bond donors (Lipinski definition) is 1. The highest BCUT2D eigenvalue weighted by Gasteiger charge is 2.20. The van der Waals surface area contributed by atoms with Gasteiger partial charge in [0.25, 0.3) is 0 Å². The Morgan fingerprint density at radius 3 is 2.60 bits per heavy atom. The van der Waals surface area contributed by atoms with E-state index in [-0.39, 0.29) is 5.69 Å². The molecule has 0 unspecified atom stereocenters. The van der Waals surface area contributed by atoms with Crippen molar-refractivity contribution in [1.82, 2.24) is 10.3 Å². The van der Waals surface area contributed by atoms with Crippen LogP contribution in [0.1, 0.15) is 11.4 Å². The SMILES string of the molecule is O=c1o[nH][n+](-c2ccccc2)c1C#Cc1ccccn1. The standard InChI is InChI=1S/C15H9N3O2/c19-15-14(10-9-12-6-4-5-11-16-12)18(17-20-15)13-7-2-1-3-8-13/h1-8,11H/p+1. The van der Waals surface area contributed by atoms with Crippen LogP contribution in [0.25, 0.3) is 5.69 Å². The van der Waals surface area contributed by atoms with Crippen molar-refractivity contribution >= 4 is 0 Å². The van der Waals surface area contributed by atoms with Crippen molar-refractivity contribution in [3.8, 4) is 17.5 Å². The second-order valence-electron chi connectivity index (χ2n) is 3.97. The van der Waals surface area contributed by atoms with Gasteiger partial charge < -0.3 is 0 Å². The first-order valence-corrected chi connectivity index (χ1v) is 5.96. The first-order chi connectivity index (χ1) is 9.84. The second kappa shape index (κ2) is 5.24. The van der Waals surface area contributed by atoms with Gasteiger partial charge in [-0.15, -0.1) is 0 Å². The molecule has 96 valence electrons. The van der Waals surface area contributed by atoms with E-state index in [0.717, 1.165) is 5.69 Å². The lowest BCUT2D eigenvalue weighted by molar-refractivity contribution is -0.672. The Labute approximate surface area is 114 Å². The van der Waals surface area contributed by atoms with Gasteiger partial charge in [0.05, 0.1) is 0 Å². The number of benzene rings is 1. The van der Waals surface area contributed by atoms with Crippen LogP contribution in [0.5, 0.6) is 0 Å². The molecule has 0 saturated carbocycles. The van der Waals surface area contributed by atoms with Crippen molar-refractivity contribution in [1.29, 1.82) is 0 Å².